The smallest absolute Gasteiger partial charge is 0.194 e. The molecule has 0 N–H and O–H groups in total. The average molecular weight is 565 g/mol. The molecular weight excluding hydrogens is 545 g/mol. The lowest BCUT2D eigenvalue weighted by atomic mass is 10.4. The van der Waals surface area contributed by atoms with Gasteiger partial charge < -0.3 is 0 Å². The van der Waals surface area contributed by atoms with Gasteiger partial charge in [-0.05, 0) is 72.1 Å². The van der Waals surface area contributed by atoms with Gasteiger partial charge >= 0.3 is 0 Å². The number of rotatable bonds is 8. The van der Waals surface area contributed by atoms with Gasteiger partial charge in [-0.1, -0.05) is 96.3 Å². The molecule has 38 heavy (non-hydrogen) atoms. The van der Waals surface area contributed by atoms with E-state index in [-0.39, 0.29) is 0 Å². The number of hydrogen-bond donors (Lipinski definition) is 0. The molecule has 0 unspecified atom stereocenters. The van der Waals surface area contributed by atoms with Crippen molar-refractivity contribution in [2.24, 2.45) is 0 Å². The maximum absolute atomic E-state index is 5.00. The Morgan fingerprint density at radius 2 is 0.605 bits per heavy atom. The molecule has 4 aromatic carbocycles. The van der Waals surface area contributed by atoms with Crippen LogP contribution in [-0.4, -0.2) is 19.9 Å². The maximum atomic E-state index is 5.00. The van der Waals surface area contributed by atoms with E-state index in [2.05, 4.69) is 48.5 Å². The Morgan fingerprint density at radius 1 is 0.316 bits per heavy atom. The summed E-state index contributed by atoms with van der Waals surface area (Å²) in [5, 5.41) is 2.96. The minimum atomic E-state index is 0.670. The number of nitrogens with zero attached hydrogens (tertiary/aromatic N) is 4. The molecule has 0 amide bonds. The second-order valence-corrected chi connectivity index (χ2v) is 12.2. The van der Waals surface area contributed by atoms with Crippen LogP contribution < -0.4 is 0 Å². The van der Waals surface area contributed by atoms with Crippen molar-refractivity contribution >= 4 is 58.1 Å². The van der Waals surface area contributed by atoms with Crippen LogP contribution in [0.4, 0.5) is 0 Å². The van der Waals surface area contributed by atoms with E-state index in [1.165, 1.54) is 0 Å². The summed E-state index contributed by atoms with van der Waals surface area (Å²) in [5.41, 5.74) is 1.51. The van der Waals surface area contributed by atoms with Crippen LogP contribution in [-0.2, 0) is 0 Å². The van der Waals surface area contributed by atoms with Gasteiger partial charge in [-0.25, -0.2) is 19.9 Å². The third-order valence-corrected chi connectivity index (χ3v) is 8.98. The van der Waals surface area contributed by atoms with Crippen molar-refractivity contribution in [2.75, 3.05) is 0 Å². The predicted octanol–water partition coefficient (Wildman–Crippen LogP) is 9.02. The lowest BCUT2D eigenvalue weighted by Crippen LogP contribution is -2.00. The molecule has 0 fully saturated rings. The lowest BCUT2D eigenvalue weighted by Gasteiger charge is -2.12. The molecule has 184 valence electrons. The molecule has 8 heteroatoms. The van der Waals surface area contributed by atoms with Crippen molar-refractivity contribution in [1.82, 2.24) is 19.9 Å². The Labute approximate surface area is 238 Å². The zero-order valence-electron chi connectivity index (χ0n) is 20.0. The molecule has 0 saturated heterocycles. The molecule has 0 spiro atoms. The van der Waals surface area contributed by atoms with Crippen molar-refractivity contribution in [1.29, 1.82) is 0 Å². The van der Waals surface area contributed by atoms with Crippen molar-refractivity contribution in [2.45, 2.75) is 39.9 Å². The fraction of sp³-hybridized carbons (Fsp3) is 0. The van der Waals surface area contributed by atoms with E-state index in [0.717, 1.165) is 40.7 Å². The minimum Gasteiger partial charge on any atom is -0.218 e. The SMILES string of the molecule is c1ccc(Sc2nc(Sc3ccccc3)c3nc(Sc4ccccc4)nc(Sc4ccccc4)c3n2)cc1. The minimum absolute atomic E-state index is 0.670. The third kappa shape index (κ3) is 6.22. The summed E-state index contributed by atoms with van der Waals surface area (Å²) in [6, 6.07) is 40.9. The summed E-state index contributed by atoms with van der Waals surface area (Å²) in [6.07, 6.45) is 0. The number of benzene rings is 4. The van der Waals surface area contributed by atoms with Crippen molar-refractivity contribution < 1.29 is 0 Å². The molecule has 2 aromatic heterocycles. The van der Waals surface area contributed by atoms with Gasteiger partial charge in [0.1, 0.15) is 21.1 Å². The molecular formula is C30H20N4S4. The van der Waals surface area contributed by atoms with Gasteiger partial charge in [0, 0.05) is 19.6 Å². The van der Waals surface area contributed by atoms with Gasteiger partial charge in [0.15, 0.2) is 10.3 Å². The fourth-order valence-corrected chi connectivity index (χ4v) is 6.99. The normalized spacial score (nSPS) is 11.1. The Kier molecular flexibility index (Phi) is 7.92. The van der Waals surface area contributed by atoms with Crippen LogP contribution in [0.15, 0.2) is 161 Å². The first kappa shape index (κ1) is 25.0. The summed E-state index contributed by atoms with van der Waals surface area (Å²) in [6.45, 7) is 0. The van der Waals surface area contributed by atoms with E-state index in [4.69, 9.17) is 19.9 Å². The summed E-state index contributed by atoms with van der Waals surface area (Å²) in [5.74, 6) is 0. The highest BCUT2D eigenvalue weighted by molar-refractivity contribution is 8.00. The Hall–Kier alpha value is -3.30. The lowest BCUT2D eigenvalue weighted by molar-refractivity contribution is 0.856. The van der Waals surface area contributed by atoms with Crippen LogP contribution in [0.3, 0.4) is 0 Å². The highest BCUT2D eigenvalue weighted by atomic mass is 32.2. The molecule has 0 saturated carbocycles. The highest BCUT2D eigenvalue weighted by Crippen LogP contribution is 2.39. The molecule has 0 aliphatic heterocycles. The van der Waals surface area contributed by atoms with Gasteiger partial charge in [-0.3, -0.25) is 0 Å². The molecule has 6 aromatic rings. The highest BCUT2D eigenvalue weighted by Gasteiger charge is 2.19. The van der Waals surface area contributed by atoms with Gasteiger partial charge in [0.25, 0.3) is 0 Å². The van der Waals surface area contributed by atoms with Crippen LogP contribution in [0, 0.1) is 0 Å². The molecule has 0 atom stereocenters. The number of hydrogen-bond acceptors (Lipinski definition) is 8. The second kappa shape index (κ2) is 12.0. The Bertz CT molecular complexity index is 1530. The summed E-state index contributed by atoms with van der Waals surface area (Å²) in [4.78, 5) is 24.3. The third-order valence-electron chi connectivity index (χ3n) is 5.26. The topological polar surface area (TPSA) is 51.6 Å². The van der Waals surface area contributed by atoms with Gasteiger partial charge in [0.05, 0.1) is 0 Å². The zero-order chi connectivity index (χ0) is 25.6. The van der Waals surface area contributed by atoms with E-state index in [0.29, 0.717) is 10.3 Å². The molecule has 0 bridgehead atoms. The Balaban J connectivity index is 1.52. The first-order valence-corrected chi connectivity index (χ1v) is 15.1. The first-order valence-electron chi connectivity index (χ1n) is 11.8. The maximum Gasteiger partial charge on any atom is 0.194 e. The largest absolute Gasteiger partial charge is 0.218 e. The molecule has 2 heterocycles. The predicted molar refractivity (Wildman–Crippen MR) is 157 cm³/mol. The Morgan fingerprint density at radius 3 is 0.921 bits per heavy atom. The van der Waals surface area contributed by atoms with Crippen LogP contribution >= 0.6 is 47.0 Å². The molecule has 6 rings (SSSR count). The van der Waals surface area contributed by atoms with E-state index >= 15 is 0 Å². The van der Waals surface area contributed by atoms with Crippen LogP contribution in [0.25, 0.3) is 11.0 Å². The van der Waals surface area contributed by atoms with Crippen LogP contribution in [0.1, 0.15) is 0 Å². The molecule has 4 nitrogen and oxygen atoms in total. The zero-order valence-corrected chi connectivity index (χ0v) is 23.2. The van der Waals surface area contributed by atoms with Gasteiger partial charge in [-0.2, -0.15) is 0 Å². The van der Waals surface area contributed by atoms with E-state index < -0.39 is 0 Å². The second-order valence-electron chi connectivity index (χ2n) is 7.98. The molecule has 0 aliphatic rings. The average Bonchev–Trinajstić information content (AvgIpc) is 2.96. The van der Waals surface area contributed by atoms with Crippen molar-refractivity contribution in [3.05, 3.63) is 121 Å². The van der Waals surface area contributed by atoms with Crippen LogP contribution in [0.5, 0.6) is 0 Å². The number of fused-ring (bicyclic) bond motifs is 1. The molecule has 0 aliphatic carbocycles. The van der Waals surface area contributed by atoms with Gasteiger partial charge in [-0.15, -0.1) is 0 Å². The van der Waals surface area contributed by atoms with Crippen molar-refractivity contribution in [3.8, 4) is 0 Å². The summed E-state index contributed by atoms with van der Waals surface area (Å²) in [7, 11) is 0. The quantitative estimate of drug-likeness (QED) is 0.134. The van der Waals surface area contributed by atoms with Crippen LogP contribution in [0.2, 0.25) is 0 Å². The monoisotopic (exact) mass is 564 g/mol. The van der Waals surface area contributed by atoms with E-state index in [1.54, 1.807) is 47.0 Å². The fourth-order valence-electron chi connectivity index (χ4n) is 3.55. The summed E-state index contributed by atoms with van der Waals surface area (Å²) >= 11 is 6.28. The number of aromatic nitrogens is 4. The van der Waals surface area contributed by atoms with Gasteiger partial charge in [0.2, 0.25) is 0 Å². The van der Waals surface area contributed by atoms with Crippen molar-refractivity contribution in [3.63, 3.8) is 0 Å². The molecule has 0 radical (unpaired) electrons. The van der Waals surface area contributed by atoms with E-state index in [9.17, 15) is 0 Å². The first-order chi connectivity index (χ1) is 18.8. The summed E-state index contributed by atoms with van der Waals surface area (Å²) < 4.78 is 0. The standard InChI is InChI=1S/C30H20N4S4/c1-5-13-21(14-6-1)35-27-25-26(32-29(33-27)37-23-17-9-3-10-18-23)28(36-22-15-7-2-8-16-22)34-30(31-25)38-24-19-11-4-12-20-24/h1-20H. The van der Waals surface area contributed by atoms with E-state index in [1.807, 2.05) is 72.8 Å².